The van der Waals surface area contributed by atoms with Gasteiger partial charge in [-0.2, -0.15) is 0 Å². The van der Waals surface area contributed by atoms with E-state index >= 15 is 0 Å². The molecular weight excluding hydrogens is 386 g/mol. The average Bonchev–Trinajstić information content (AvgIpc) is 3.20. The molecule has 2 aromatic heterocycles. The largest absolute Gasteiger partial charge is 0.341 e. The third-order valence-electron chi connectivity index (χ3n) is 6.16. The number of hydrogen-bond acceptors (Lipinski definition) is 4. The monoisotopic (exact) mass is 417 g/mol. The van der Waals surface area contributed by atoms with Gasteiger partial charge in [0.05, 0.1) is 12.5 Å². The van der Waals surface area contributed by atoms with Crippen molar-refractivity contribution in [3.8, 4) is 11.1 Å². The molecule has 1 aliphatic rings. The summed E-state index contributed by atoms with van der Waals surface area (Å²) < 4.78 is 2.18. The zero-order valence-electron chi connectivity index (χ0n) is 18.4. The van der Waals surface area contributed by atoms with Gasteiger partial charge in [0.2, 0.25) is 5.91 Å². The van der Waals surface area contributed by atoms with E-state index in [0.717, 1.165) is 57.1 Å². The Labute approximate surface area is 184 Å². The molecule has 4 rings (SSSR count). The lowest BCUT2D eigenvalue weighted by Crippen LogP contribution is -2.37. The van der Waals surface area contributed by atoms with E-state index in [1.54, 1.807) is 0 Å². The van der Waals surface area contributed by atoms with E-state index < -0.39 is 0 Å². The Morgan fingerprint density at radius 1 is 0.935 bits per heavy atom. The molecule has 1 atom stereocenters. The highest BCUT2D eigenvalue weighted by atomic mass is 16.2. The molecule has 0 saturated carbocycles. The minimum absolute atomic E-state index is 0.0423. The van der Waals surface area contributed by atoms with E-state index in [4.69, 9.17) is 0 Å². The second-order valence-electron chi connectivity index (χ2n) is 8.12. The second kappa shape index (κ2) is 9.88. The molecule has 3 heterocycles. The van der Waals surface area contributed by atoms with Crippen molar-refractivity contribution in [1.82, 2.24) is 24.3 Å². The number of hydrogen-bond donors (Lipinski definition) is 0. The van der Waals surface area contributed by atoms with Crippen molar-refractivity contribution in [2.45, 2.75) is 33.4 Å². The predicted molar refractivity (Wildman–Crippen MR) is 122 cm³/mol. The fourth-order valence-corrected chi connectivity index (χ4v) is 4.36. The van der Waals surface area contributed by atoms with Gasteiger partial charge in [-0.1, -0.05) is 24.3 Å². The van der Waals surface area contributed by atoms with Gasteiger partial charge in [0, 0.05) is 57.5 Å². The van der Waals surface area contributed by atoms with Crippen LogP contribution in [0, 0.1) is 5.92 Å². The number of nitrogens with zero attached hydrogens (tertiary/aromatic N) is 5. The van der Waals surface area contributed by atoms with Crippen LogP contribution < -0.4 is 0 Å². The van der Waals surface area contributed by atoms with Gasteiger partial charge in [-0.05, 0) is 49.1 Å². The van der Waals surface area contributed by atoms with Crippen LogP contribution in [0.15, 0.2) is 61.2 Å². The van der Waals surface area contributed by atoms with Gasteiger partial charge in [0.1, 0.15) is 5.82 Å². The summed E-state index contributed by atoms with van der Waals surface area (Å²) >= 11 is 0. The maximum absolute atomic E-state index is 13.2. The molecule has 31 heavy (non-hydrogen) atoms. The SMILES string of the molecule is CCN1CCN(Cc2nccn2CC)C[C@H](Cc2ccc(-c3ccncc3)cc2)C1=O. The van der Waals surface area contributed by atoms with Crippen molar-refractivity contribution in [2.24, 2.45) is 5.92 Å². The Morgan fingerprint density at radius 3 is 2.39 bits per heavy atom. The lowest BCUT2D eigenvalue weighted by Gasteiger charge is -2.23. The first-order chi connectivity index (χ1) is 15.2. The zero-order valence-corrected chi connectivity index (χ0v) is 18.4. The predicted octanol–water partition coefficient (Wildman–Crippen LogP) is 3.49. The number of likely N-dealkylation sites (N-methyl/N-ethyl adjacent to an activating group) is 1. The van der Waals surface area contributed by atoms with Crippen LogP contribution in [0.5, 0.6) is 0 Å². The highest BCUT2D eigenvalue weighted by molar-refractivity contribution is 5.79. The molecule has 0 spiro atoms. The van der Waals surface area contributed by atoms with Gasteiger partial charge in [-0.25, -0.2) is 4.98 Å². The summed E-state index contributed by atoms with van der Waals surface area (Å²) in [6.07, 6.45) is 8.27. The van der Waals surface area contributed by atoms with Crippen LogP contribution in [0.1, 0.15) is 25.2 Å². The maximum atomic E-state index is 13.2. The Hall–Kier alpha value is -2.99. The summed E-state index contributed by atoms with van der Waals surface area (Å²) in [5.41, 5.74) is 3.52. The quantitative estimate of drug-likeness (QED) is 0.591. The maximum Gasteiger partial charge on any atom is 0.227 e. The topological polar surface area (TPSA) is 54.3 Å². The first-order valence-corrected chi connectivity index (χ1v) is 11.2. The van der Waals surface area contributed by atoms with Crippen molar-refractivity contribution in [3.63, 3.8) is 0 Å². The molecule has 6 heteroatoms. The van der Waals surface area contributed by atoms with Crippen molar-refractivity contribution in [2.75, 3.05) is 26.2 Å². The number of aromatic nitrogens is 3. The van der Waals surface area contributed by atoms with Crippen molar-refractivity contribution in [1.29, 1.82) is 0 Å². The number of imidazole rings is 1. The molecule has 1 amide bonds. The van der Waals surface area contributed by atoms with E-state index in [-0.39, 0.29) is 11.8 Å². The fourth-order valence-electron chi connectivity index (χ4n) is 4.36. The molecular formula is C25H31N5O. The van der Waals surface area contributed by atoms with Crippen molar-refractivity contribution in [3.05, 3.63) is 72.6 Å². The van der Waals surface area contributed by atoms with Gasteiger partial charge in [-0.3, -0.25) is 14.7 Å². The highest BCUT2D eigenvalue weighted by Gasteiger charge is 2.30. The normalized spacial score (nSPS) is 17.7. The third-order valence-corrected chi connectivity index (χ3v) is 6.16. The molecule has 1 fully saturated rings. The molecule has 0 radical (unpaired) electrons. The van der Waals surface area contributed by atoms with Crippen LogP contribution in [0.2, 0.25) is 0 Å². The van der Waals surface area contributed by atoms with Crippen LogP contribution >= 0.6 is 0 Å². The molecule has 0 bridgehead atoms. The molecule has 1 saturated heterocycles. The zero-order chi connectivity index (χ0) is 21.6. The van der Waals surface area contributed by atoms with E-state index in [1.807, 2.05) is 41.8 Å². The standard InChI is InChI=1S/C25H31N5O/c1-3-29-14-13-27-24(29)19-28-15-16-30(4-2)25(31)23(18-28)17-20-5-7-21(8-6-20)22-9-11-26-12-10-22/h5-14,23H,3-4,15-19H2,1-2H3/t23-/m0/s1. The van der Waals surface area contributed by atoms with Crippen LogP contribution in [-0.2, 0) is 24.3 Å². The summed E-state index contributed by atoms with van der Waals surface area (Å²) in [6, 6.07) is 12.6. The summed E-state index contributed by atoms with van der Waals surface area (Å²) in [6.45, 7) is 9.07. The van der Waals surface area contributed by atoms with Crippen molar-refractivity contribution < 1.29 is 4.79 Å². The fraction of sp³-hybridized carbons (Fsp3) is 0.400. The lowest BCUT2D eigenvalue weighted by molar-refractivity contribution is -0.134. The first kappa shape index (κ1) is 21.2. The number of carbonyl (C=O) groups is 1. The van der Waals surface area contributed by atoms with Gasteiger partial charge < -0.3 is 9.47 Å². The van der Waals surface area contributed by atoms with Gasteiger partial charge in [0.25, 0.3) is 0 Å². The lowest BCUT2D eigenvalue weighted by atomic mass is 9.96. The minimum atomic E-state index is -0.0423. The molecule has 6 nitrogen and oxygen atoms in total. The molecule has 0 N–H and O–H groups in total. The van der Waals surface area contributed by atoms with Crippen LogP contribution in [-0.4, -0.2) is 56.4 Å². The number of amides is 1. The molecule has 0 aliphatic carbocycles. The average molecular weight is 418 g/mol. The summed E-state index contributed by atoms with van der Waals surface area (Å²) in [5, 5.41) is 0. The number of aryl methyl sites for hydroxylation is 1. The minimum Gasteiger partial charge on any atom is -0.341 e. The van der Waals surface area contributed by atoms with Gasteiger partial charge >= 0.3 is 0 Å². The number of benzene rings is 1. The van der Waals surface area contributed by atoms with Crippen LogP contribution in [0.4, 0.5) is 0 Å². The Kier molecular flexibility index (Phi) is 6.77. The first-order valence-electron chi connectivity index (χ1n) is 11.2. The Balaban J connectivity index is 1.49. The summed E-state index contributed by atoms with van der Waals surface area (Å²) in [4.78, 5) is 26.2. The molecule has 162 valence electrons. The van der Waals surface area contributed by atoms with Crippen LogP contribution in [0.25, 0.3) is 11.1 Å². The molecule has 0 unspecified atom stereocenters. The third kappa shape index (κ3) is 5.02. The molecule has 1 aromatic carbocycles. The number of rotatable bonds is 7. The second-order valence-corrected chi connectivity index (χ2v) is 8.12. The molecule has 1 aliphatic heterocycles. The van der Waals surface area contributed by atoms with E-state index in [2.05, 4.69) is 57.5 Å². The van der Waals surface area contributed by atoms with Crippen molar-refractivity contribution >= 4 is 5.91 Å². The smallest absolute Gasteiger partial charge is 0.227 e. The van der Waals surface area contributed by atoms with E-state index in [0.29, 0.717) is 0 Å². The van der Waals surface area contributed by atoms with E-state index in [9.17, 15) is 4.79 Å². The number of pyridine rings is 1. The summed E-state index contributed by atoms with van der Waals surface area (Å²) in [5.74, 6) is 1.29. The Morgan fingerprint density at radius 2 is 1.68 bits per heavy atom. The van der Waals surface area contributed by atoms with E-state index in [1.165, 1.54) is 11.1 Å². The van der Waals surface area contributed by atoms with Gasteiger partial charge in [0.15, 0.2) is 0 Å². The molecule has 3 aromatic rings. The van der Waals surface area contributed by atoms with Gasteiger partial charge in [-0.15, -0.1) is 0 Å². The number of carbonyl (C=O) groups excluding carboxylic acids is 1. The summed E-state index contributed by atoms with van der Waals surface area (Å²) in [7, 11) is 0. The Bertz CT molecular complexity index is 983. The highest BCUT2D eigenvalue weighted by Crippen LogP contribution is 2.22. The van der Waals surface area contributed by atoms with Crippen LogP contribution in [0.3, 0.4) is 0 Å².